The summed E-state index contributed by atoms with van der Waals surface area (Å²) in [6.45, 7) is 2.19. The summed E-state index contributed by atoms with van der Waals surface area (Å²) in [5.74, 6) is -0.558. The van der Waals surface area contributed by atoms with E-state index in [4.69, 9.17) is 0 Å². The number of likely N-dealkylation sites (N-methyl/N-ethyl adjacent to an activating group) is 1. The monoisotopic (exact) mass is 332 g/mol. The molecule has 2 fully saturated rings. The lowest BCUT2D eigenvalue weighted by molar-refractivity contribution is -0.135. The largest absolute Gasteiger partial charge is 0.353 e. The second-order valence-corrected chi connectivity index (χ2v) is 5.96. The van der Waals surface area contributed by atoms with Crippen molar-refractivity contribution in [2.45, 2.75) is 50.6 Å². The maximum atomic E-state index is 12.5. The average Bonchev–Trinajstić information content (AvgIpc) is 2.70. The van der Waals surface area contributed by atoms with E-state index in [0.717, 1.165) is 24.2 Å². The minimum absolute atomic E-state index is 0. The van der Waals surface area contributed by atoms with Gasteiger partial charge in [-0.25, -0.2) is 4.79 Å². The molecule has 3 N–H and O–H groups in total. The van der Waals surface area contributed by atoms with Gasteiger partial charge in [-0.3, -0.25) is 14.5 Å². The van der Waals surface area contributed by atoms with Gasteiger partial charge in [-0.15, -0.1) is 12.4 Å². The van der Waals surface area contributed by atoms with Gasteiger partial charge in [-0.1, -0.05) is 19.3 Å². The number of imide groups is 1. The SMILES string of the molecule is CNC(C)CNC(=O)CN1C(=O)NC2(CCCCC2)C1=O.Cl. The molecule has 1 atom stereocenters. The van der Waals surface area contributed by atoms with Gasteiger partial charge in [0, 0.05) is 12.6 Å². The van der Waals surface area contributed by atoms with Gasteiger partial charge in [0.1, 0.15) is 12.1 Å². The first kappa shape index (κ1) is 18.7. The maximum absolute atomic E-state index is 12.5. The van der Waals surface area contributed by atoms with Crippen LogP contribution in [0, 0.1) is 0 Å². The fourth-order valence-electron chi connectivity index (χ4n) is 2.88. The highest BCUT2D eigenvalue weighted by Gasteiger charge is 2.51. The van der Waals surface area contributed by atoms with Gasteiger partial charge in [-0.05, 0) is 26.8 Å². The molecule has 4 amide bonds. The van der Waals surface area contributed by atoms with E-state index in [2.05, 4.69) is 16.0 Å². The zero-order valence-corrected chi connectivity index (χ0v) is 13.9. The number of carbonyl (C=O) groups excluding carboxylic acids is 3. The first-order valence-corrected chi connectivity index (χ1v) is 7.56. The van der Waals surface area contributed by atoms with Gasteiger partial charge in [-0.2, -0.15) is 0 Å². The summed E-state index contributed by atoms with van der Waals surface area (Å²) in [6, 6.07) is -0.305. The number of hydrogen-bond donors (Lipinski definition) is 3. The zero-order chi connectivity index (χ0) is 15.5. The Kier molecular flexibility index (Phi) is 6.62. The molecule has 1 saturated heterocycles. The summed E-state index contributed by atoms with van der Waals surface area (Å²) in [5, 5.41) is 8.52. The van der Waals surface area contributed by atoms with Crippen molar-refractivity contribution < 1.29 is 14.4 Å². The maximum Gasteiger partial charge on any atom is 0.325 e. The quantitative estimate of drug-likeness (QED) is 0.635. The summed E-state index contributed by atoms with van der Waals surface area (Å²) < 4.78 is 0. The number of hydrogen-bond acceptors (Lipinski definition) is 4. The van der Waals surface area contributed by atoms with Gasteiger partial charge < -0.3 is 16.0 Å². The van der Waals surface area contributed by atoms with Gasteiger partial charge in [0.15, 0.2) is 0 Å². The summed E-state index contributed by atoms with van der Waals surface area (Å²) in [4.78, 5) is 37.4. The third-order valence-electron chi connectivity index (χ3n) is 4.35. The number of rotatable bonds is 5. The van der Waals surface area contributed by atoms with Gasteiger partial charge in [0.05, 0.1) is 0 Å². The fourth-order valence-corrected chi connectivity index (χ4v) is 2.88. The van der Waals surface area contributed by atoms with Crippen LogP contribution in [0.4, 0.5) is 4.79 Å². The van der Waals surface area contributed by atoms with Crippen LogP contribution in [0.5, 0.6) is 0 Å². The Hall–Kier alpha value is -1.34. The second kappa shape index (κ2) is 7.78. The second-order valence-electron chi connectivity index (χ2n) is 5.96. The molecule has 0 aromatic rings. The highest BCUT2D eigenvalue weighted by molar-refractivity contribution is 6.09. The van der Waals surface area contributed by atoms with Crippen molar-refractivity contribution in [1.29, 1.82) is 0 Å². The normalized spacial score (nSPS) is 21.3. The number of urea groups is 1. The van der Waals surface area contributed by atoms with Crippen molar-refractivity contribution in [3.63, 3.8) is 0 Å². The molecular weight excluding hydrogens is 308 g/mol. The lowest BCUT2D eigenvalue weighted by Gasteiger charge is -2.30. The predicted octanol–water partition coefficient (Wildman–Crippen LogP) is 0.387. The van der Waals surface area contributed by atoms with E-state index in [-0.39, 0.29) is 36.8 Å². The summed E-state index contributed by atoms with van der Waals surface area (Å²) >= 11 is 0. The average molecular weight is 333 g/mol. The number of amides is 4. The van der Waals surface area contributed by atoms with Crippen molar-refractivity contribution in [1.82, 2.24) is 20.9 Å². The van der Waals surface area contributed by atoms with E-state index in [1.54, 1.807) is 7.05 Å². The highest BCUT2D eigenvalue weighted by Crippen LogP contribution is 2.33. The van der Waals surface area contributed by atoms with Crippen LogP contribution in [0.15, 0.2) is 0 Å². The van der Waals surface area contributed by atoms with Gasteiger partial charge in [0.25, 0.3) is 5.91 Å². The number of halogens is 1. The Bertz CT molecular complexity index is 438. The van der Waals surface area contributed by atoms with Crippen LogP contribution in [0.3, 0.4) is 0 Å². The topological polar surface area (TPSA) is 90.5 Å². The summed E-state index contributed by atoms with van der Waals surface area (Å²) in [6.07, 6.45) is 4.31. The molecule has 0 radical (unpaired) electrons. The van der Waals surface area contributed by atoms with Crippen molar-refractivity contribution >= 4 is 30.3 Å². The van der Waals surface area contributed by atoms with E-state index >= 15 is 0 Å². The van der Waals surface area contributed by atoms with E-state index in [1.165, 1.54) is 0 Å². The van der Waals surface area contributed by atoms with Gasteiger partial charge in [0.2, 0.25) is 5.91 Å². The number of nitrogens with one attached hydrogen (secondary N) is 3. The molecular formula is C14H25ClN4O3. The van der Waals surface area contributed by atoms with E-state index in [1.807, 2.05) is 6.92 Å². The van der Waals surface area contributed by atoms with Crippen LogP contribution in [0.25, 0.3) is 0 Å². The third-order valence-corrected chi connectivity index (χ3v) is 4.35. The molecule has 1 heterocycles. The molecule has 1 aliphatic heterocycles. The van der Waals surface area contributed by atoms with Crippen molar-refractivity contribution in [3.8, 4) is 0 Å². The van der Waals surface area contributed by atoms with Crippen molar-refractivity contribution in [2.24, 2.45) is 0 Å². The molecule has 126 valence electrons. The Morgan fingerprint density at radius 2 is 1.95 bits per heavy atom. The minimum atomic E-state index is -0.756. The lowest BCUT2D eigenvalue weighted by atomic mass is 9.82. The molecule has 2 rings (SSSR count). The van der Waals surface area contributed by atoms with Crippen LogP contribution in [-0.4, -0.2) is 54.5 Å². The van der Waals surface area contributed by atoms with Crippen LogP contribution < -0.4 is 16.0 Å². The van der Waals surface area contributed by atoms with Crippen LogP contribution >= 0.6 is 12.4 Å². The first-order chi connectivity index (χ1) is 9.98. The Morgan fingerprint density at radius 3 is 2.55 bits per heavy atom. The molecule has 22 heavy (non-hydrogen) atoms. The third kappa shape index (κ3) is 3.89. The summed E-state index contributed by atoms with van der Waals surface area (Å²) in [7, 11) is 1.81. The smallest absolute Gasteiger partial charge is 0.325 e. The van der Waals surface area contributed by atoms with Crippen LogP contribution in [0.2, 0.25) is 0 Å². The molecule has 0 bridgehead atoms. The van der Waals surface area contributed by atoms with Crippen molar-refractivity contribution in [3.05, 3.63) is 0 Å². The molecule has 1 unspecified atom stereocenters. The fraction of sp³-hybridized carbons (Fsp3) is 0.786. The predicted molar refractivity (Wildman–Crippen MR) is 84.8 cm³/mol. The zero-order valence-electron chi connectivity index (χ0n) is 13.1. The van der Waals surface area contributed by atoms with E-state index in [9.17, 15) is 14.4 Å². The molecule has 8 heteroatoms. The Balaban J connectivity index is 0.00000242. The highest BCUT2D eigenvalue weighted by atomic mass is 35.5. The number of nitrogens with zero attached hydrogens (tertiary/aromatic N) is 1. The van der Waals surface area contributed by atoms with Gasteiger partial charge >= 0.3 is 6.03 Å². The lowest BCUT2D eigenvalue weighted by Crippen LogP contribution is -2.49. The molecule has 2 aliphatic rings. The molecule has 1 saturated carbocycles. The molecule has 0 aromatic carbocycles. The molecule has 7 nitrogen and oxygen atoms in total. The minimum Gasteiger partial charge on any atom is -0.353 e. The number of carbonyl (C=O) groups is 3. The van der Waals surface area contributed by atoms with E-state index in [0.29, 0.717) is 19.4 Å². The Morgan fingerprint density at radius 1 is 1.32 bits per heavy atom. The standard InChI is InChI=1S/C14H24N4O3.ClH/c1-10(15-2)8-16-11(19)9-18-12(20)14(17-13(18)21)6-4-3-5-7-14;/h10,15H,3-9H2,1-2H3,(H,16,19)(H,17,21);1H. The van der Waals surface area contributed by atoms with Crippen molar-refractivity contribution in [2.75, 3.05) is 20.1 Å². The van der Waals surface area contributed by atoms with Crippen LogP contribution in [0.1, 0.15) is 39.0 Å². The Labute approximate surface area is 137 Å². The molecule has 1 aliphatic carbocycles. The summed E-state index contributed by atoms with van der Waals surface area (Å²) in [5.41, 5.74) is -0.756. The molecule has 1 spiro atoms. The van der Waals surface area contributed by atoms with Crippen LogP contribution in [-0.2, 0) is 9.59 Å². The van der Waals surface area contributed by atoms with E-state index < -0.39 is 11.6 Å². The first-order valence-electron chi connectivity index (χ1n) is 7.56. The molecule has 0 aromatic heterocycles.